The molecule has 19 heavy (non-hydrogen) atoms. The maximum atomic E-state index is 11.9. The van der Waals surface area contributed by atoms with Gasteiger partial charge in [0.2, 0.25) is 5.91 Å². The van der Waals surface area contributed by atoms with Gasteiger partial charge in [-0.2, -0.15) is 5.26 Å². The summed E-state index contributed by atoms with van der Waals surface area (Å²) >= 11 is 3.38. The monoisotopic (exact) mass is 323 g/mol. The molecule has 0 unspecified atom stereocenters. The van der Waals surface area contributed by atoms with Gasteiger partial charge in [-0.3, -0.25) is 4.79 Å². The lowest BCUT2D eigenvalue weighted by Gasteiger charge is -2.27. The van der Waals surface area contributed by atoms with Crippen LogP contribution in [-0.2, 0) is 9.53 Å². The number of nitrogens with zero attached hydrogens (tertiary/aromatic N) is 2. The minimum absolute atomic E-state index is 0.0551. The number of nitriles is 1. The number of rotatable bonds is 3. The minimum atomic E-state index is 0.0551. The number of anilines is 1. The molecule has 1 N–H and O–H groups in total. The maximum absolute atomic E-state index is 11.9. The third-order valence-electron chi connectivity index (χ3n) is 2.89. The van der Waals surface area contributed by atoms with Crippen LogP contribution >= 0.6 is 15.9 Å². The Bertz CT molecular complexity index is 507. The van der Waals surface area contributed by atoms with E-state index in [9.17, 15) is 4.79 Å². The van der Waals surface area contributed by atoms with Crippen molar-refractivity contribution in [1.82, 2.24) is 4.90 Å². The fraction of sp³-hybridized carbons (Fsp3) is 0.385. The van der Waals surface area contributed by atoms with Gasteiger partial charge in [-0.1, -0.05) is 0 Å². The molecule has 0 atom stereocenters. The highest BCUT2D eigenvalue weighted by atomic mass is 79.9. The molecule has 100 valence electrons. The first-order valence-electron chi connectivity index (χ1n) is 6.00. The Morgan fingerprint density at radius 2 is 2.21 bits per heavy atom. The first-order valence-corrected chi connectivity index (χ1v) is 6.79. The highest BCUT2D eigenvalue weighted by Gasteiger charge is 2.16. The quantitative estimate of drug-likeness (QED) is 0.917. The van der Waals surface area contributed by atoms with Crippen molar-refractivity contribution < 1.29 is 9.53 Å². The Hall–Kier alpha value is -1.58. The molecule has 1 saturated heterocycles. The normalized spacial score (nSPS) is 14.8. The summed E-state index contributed by atoms with van der Waals surface area (Å²) < 4.78 is 5.98. The lowest BCUT2D eigenvalue weighted by Crippen LogP contribution is -2.43. The van der Waals surface area contributed by atoms with Gasteiger partial charge in [-0.25, -0.2) is 0 Å². The van der Waals surface area contributed by atoms with Crippen molar-refractivity contribution in [1.29, 1.82) is 5.26 Å². The van der Waals surface area contributed by atoms with E-state index in [1.165, 1.54) is 0 Å². The molecule has 1 aromatic carbocycles. The molecular weight excluding hydrogens is 310 g/mol. The summed E-state index contributed by atoms with van der Waals surface area (Å²) in [5, 5.41) is 11.9. The van der Waals surface area contributed by atoms with E-state index in [-0.39, 0.29) is 12.5 Å². The molecule has 5 nitrogen and oxygen atoms in total. The van der Waals surface area contributed by atoms with Gasteiger partial charge < -0.3 is 15.0 Å². The van der Waals surface area contributed by atoms with Crippen molar-refractivity contribution in [2.24, 2.45) is 0 Å². The van der Waals surface area contributed by atoms with Gasteiger partial charge >= 0.3 is 0 Å². The predicted molar refractivity (Wildman–Crippen MR) is 74.7 cm³/mol. The van der Waals surface area contributed by atoms with E-state index in [1.54, 1.807) is 23.1 Å². The fourth-order valence-corrected chi connectivity index (χ4v) is 2.34. The molecule has 6 heteroatoms. The Morgan fingerprint density at radius 3 is 2.84 bits per heavy atom. The standard InChI is InChI=1S/C13H14BrN3O2/c14-11-7-10(8-15)1-2-12(11)16-9-13(18)17-3-5-19-6-4-17/h1-2,7,16H,3-6,9H2. The van der Waals surface area contributed by atoms with Crippen LogP contribution in [0.4, 0.5) is 5.69 Å². The molecule has 0 saturated carbocycles. The van der Waals surface area contributed by atoms with E-state index in [2.05, 4.69) is 27.3 Å². The van der Waals surface area contributed by atoms with Gasteiger partial charge in [0.1, 0.15) is 0 Å². The molecule has 0 aliphatic carbocycles. The van der Waals surface area contributed by atoms with Gasteiger partial charge in [-0.15, -0.1) is 0 Å². The van der Waals surface area contributed by atoms with Crippen molar-refractivity contribution in [2.75, 3.05) is 38.2 Å². The fourth-order valence-electron chi connectivity index (χ4n) is 1.82. The van der Waals surface area contributed by atoms with Gasteiger partial charge in [0.05, 0.1) is 31.4 Å². The second-order valence-electron chi connectivity index (χ2n) is 4.15. The van der Waals surface area contributed by atoms with E-state index in [0.29, 0.717) is 31.9 Å². The van der Waals surface area contributed by atoms with E-state index < -0.39 is 0 Å². The minimum Gasteiger partial charge on any atom is -0.378 e. The number of hydrogen-bond acceptors (Lipinski definition) is 4. The largest absolute Gasteiger partial charge is 0.378 e. The SMILES string of the molecule is N#Cc1ccc(NCC(=O)N2CCOCC2)c(Br)c1. The molecule has 0 aromatic heterocycles. The number of amides is 1. The third kappa shape index (κ3) is 3.69. The zero-order chi connectivity index (χ0) is 13.7. The zero-order valence-electron chi connectivity index (χ0n) is 10.4. The van der Waals surface area contributed by atoms with Gasteiger partial charge in [0, 0.05) is 23.2 Å². The van der Waals surface area contributed by atoms with Crippen molar-refractivity contribution in [2.45, 2.75) is 0 Å². The number of halogens is 1. The van der Waals surface area contributed by atoms with E-state index in [4.69, 9.17) is 10.00 Å². The Balaban J connectivity index is 1.91. The molecule has 0 spiro atoms. The molecule has 0 radical (unpaired) electrons. The van der Waals surface area contributed by atoms with Crippen molar-refractivity contribution in [3.05, 3.63) is 28.2 Å². The number of benzene rings is 1. The van der Waals surface area contributed by atoms with Crippen molar-refractivity contribution in [3.8, 4) is 6.07 Å². The Kier molecular flexibility index (Phi) is 4.77. The smallest absolute Gasteiger partial charge is 0.242 e. The average molecular weight is 324 g/mol. The first kappa shape index (κ1) is 13.8. The summed E-state index contributed by atoms with van der Waals surface area (Å²) in [6, 6.07) is 7.29. The van der Waals surface area contributed by atoms with Crippen LogP contribution in [0.1, 0.15) is 5.56 Å². The molecule has 1 amide bonds. The van der Waals surface area contributed by atoms with Gasteiger partial charge in [0.25, 0.3) is 0 Å². The zero-order valence-corrected chi connectivity index (χ0v) is 11.9. The summed E-state index contributed by atoms with van der Waals surface area (Å²) in [4.78, 5) is 13.7. The summed E-state index contributed by atoms with van der Waals surface area (Å²) in [6.07, 6.45) is 0. The van der Waals surface area contributed by atoms with Crippen LogP contribution in [-0.4, -0.2) is 43.7 Å². The highest BCUT2D eigenvalue weighted by Crippen LogP contribution is 2.23. The molecule has 1 aliphatic rings. The first-order chi connectivity index (χ1) is 9.20. The van der Waals surface area contributed by atoms with Crippen molar-refractivity contribution >= 4 is 27.5 Å². The number of morpholine rings is 1. The van der Waals surface area contributed by atoms with Crippen LogP contribution in [0.5, 0.6) is 0 Å². The highest BCUT2D eigenvalue weighted by molar-refractivity contribution is 9.10. The second kappa shape index (κ2) is 6.55. The second-order valence-corrected chi connectivity index (χ2v) is 5.01. The number of carbonyl (C=O) groups excluding carboxylic acids is 1. The Morgan fingerprint density at radius 1 is 1.47 bits per heavy atom. The van der Waals surface area contributed by atoms with Crippen LogP contribution in [0.15, 0.2) is 22.7 Å². The van der Waals surface area contributed by atoms with Gasteiger partial charge in [-0.05, 0) is 34.1 Å². The van der Waals surface area contributed by atoms with Crippen molar-refractivity contribution in [3.63, 3.8) is 0 Å². The maximum Gasteiger partial charge on any atom is 0.242 e. The summed E-state index contributed by atoms with van der Waals surface area (Å²) in [5.74, 6) is 0.0551. The van der Waals surface area contributed by atoms with Crippen LogP contribution < -0.4 is 5.32 Å². The average Bonchev–Trinajstić information content (AvgIpc) is 2.46. The van der Waals surface area contributed by atoms with E-state index >= 15 is 0 Å². The summed E-state index contributed by atoms with van der Waals surface area (Å²) in [7, 11) is 0. The summed E-state index contributed by atoms with van der Waals surface area (Å²) in [5.41, 5.74) is 1.39. The van der Waals surface area contributed by atoms with Crippen LogP contribution in [0.25, 0.3) is 0 Å². The molecule has 0 bridgehead atoms. The van der Waals surface area contributed by atoms with E-state index in [1.807, 2.05) is 0 Å². The third-order valence-corrected chi connectivity index (χ3v) is 3.55. The molecule has 1 heterocycles. The molecule has 1 aromatic rings. The van der Waals surface area contributed by atoms with Crippen LogP contribution in [0.2, 0.25) is 0 Å². The topological polar surface area (TPSA) is 65.4 Å². The molecular formula is C13H14BrN3O2. The molecule has 1 aliphatic heterocycles. The molecule has 1 fully saturated rings. The lowest BCUT2D eigenvalue weighted by molar-refractivity contribution is -0.133. The number of carbonyl (C=O) groups is 1. The van der Waals surface area contributed by atoms with Crippen LogP contribution in [0.3, 0.4) is 0 Å². The van der Waals surface area contributed by atoms with Gasteiger partial charge in [0.15, 0.2) is 0 Å². The summed E-state index contributed by atoms with van der Waals surface area (Å²) in [6.45, 7) is 2.74. The Labute approximate surface area is 120 Å². The number of hydrogen-bond donors (Lipinski definition) is 1. The predicted octanol–water partition coefficient (Wildman–Crippen LogP) is 1.59. The van der Waals surface area contributed by atoms with Crippen LogP contribution in [0, 0.1) is 11.3 Å². The lowest BCUT2D eigenvalue weighted by atomic mass is 10.2. The number of nitrogens with one attached hydrogen (secondary N) is 1. The molecule has 2 rings (SSSR count). The number of ether oxygens (including phenoxy) is 1. The van der Waals surface area contributed by atoms with E-state index in [0.717, 1.165) is 10.2 Å².